The van der Waals surface area contributed by atoms with Crippen molar-refractivity contribution >= 4 is 62.7 Å². The topological polar surface area (TPSA) is 20.3 Å². The van der Waals surface area contributed by atoms with Crippen LogP contribution in [0.25, 0.3) is 0 Å². The number of alkyl halides is 3. The summed E-state index contributed by atoms with van der Waals surface area (Å²) in [6.45, 7) is 0. The molecule has 2 aromatic rings. The molecule has 110 valence electrons. The summed E-state index contributed by atoms with van der Waals surface area (Å²) in [5.74, 6) is -0.429. The highest BCUT2D eigenvalue weighted by atomic mass is 79.9. The minimum Gasteiger partial charge on any atom is -0.268 e. The quantitative estimate of drug-likeness (QED) is 0.470. The molecule has 0 heterocycles. The van der Waals surface area contributed by atoms with Crippen molar-refractivity contribution in [3.05, 3.63) is 64.6 Å². The Balaban J connectivity index is 2.41. The van der Waals surface area contributed by atoms with Gasteiger partial charge in [-0.3, -0.25) is 4.79 Å². The fraction of sp³-hybridized carbons (Fsp3) is 0.0714. The second-order valence-corrected chi connectivity index (χ2v) is 7.60. The fourth-order valence-corrected chi connectivity index (χ4v) is 3.11. The van der Waals surface area contributed by atoms with Crippen molar-refractivity contribution in [1.29, 1.82) is 0 Å². The summed E-state index contributed by atoms with van der Waals surface area (Å²) < 4.78 is 12.7. The second-order valence-electron chi connectivity index (χ2n) is 3.95. The van der Waals surface area contributed by atoms with Crippen LogP contribution in [-0.2, 0) is 0 Å². The molecule has 0 aliphatic rings. The Labute approximate surface area is 144 Å². The number of amides is 1. The minimum atomic E-state index is -2.62. The molecule has 7 heteroatoms. The fourth-order valence-electron chi connectivity index (χ4n) is 1.62. The first-order valence-electron chi connectivity index (χ1n) is 5.78. The predicted octanol–water partition coefficient (Wildman–Crippen LogP) is 5.80. The molecule has 0 bridgehead atoms. The van der Waals surface area contributed by atoms with Crippen LogP contribution in [0.15, 0.2) is 59.1 Å². The number of carbonyl (C=O) groups excluding carboxylic acids is 1. The summed E-state index contributed by atoms with van der Waals surface area (Å²) in [5.41, 5.74) is 0.859. The monoisotopic (exact) mass is 407 g/mol. The molecule has 0 aliphatic carbocycles. The lowest BCUT2D eigenvalue weighted by Crippen LogP contribution is -2.27. The van der Waals surface area contributed by atoms with Gasteiger partial charge in [0, 0.05) is 16.4 Å². The SMILES string of the molecule is O=C(c1ccccc1Br)N(SC(F)(Cl)Cl)c1ccccc1. The van der Waals surface area contributed by atoms with Crippen LogP contribution in [0.4, 0.5) is 10.1 Å². The Kier molecular flexibility index (Phi) is 5.54. The van der Waals surface area contributed by atoms with Crippen LogP contribution in [0.3, 0.4) is 0 Å². The normalized spacial score (nSPS) is 11.2. The summed E-state index contributed by atoms with van der Waals surface area (Å²) in [4.78, 5) is 12.6. The van der Waals surface area contributed by atoms with Crippen LogP contribution in [0, 0.1) is 0 Å². The van der Waals surface area contributed by atoms with Crippen molar-refractivity contribution < 1.29 is 9.18 Å². The molecule has 0 saturated heterocycles. The smallest absolute Gasteiger partial charge is 0.268 e. The number of nitrogens with zero attached hydrogens (tertiary/aromatic N) is 1. The third-order valence-corrected chi connectivity index (χ3v) is 4.35. The van der Waals surface area contributed by atoms with Gasteiger partial charge in [0.1, 0.15) is 0 Å². The van der Waals surface area contributed by atoms with E-state index in [0.29, 0.717) is 27.7 Å². The lowest BCUT2D eigenvalue weighted by molar-refractivity contribution is 0.101. The van der Waals surface area contributed by atoms with E-state index in [1.54, 1.807) is 54.6 Å². The van der Waals surface area contributed by atoms with Crippen molar-refractivity contribution in [2.24, 2.45) is 0 Å². The highest BCUT2D eigenvalue weighted by Gasteiger charge is 2.32. The van der Waals surface area contributed by atoms with Gasteiger partial charge < -0.3 is 0 Å². The Morgan fingerprint density at radius 1 is 1.10 bits per heavy atom. The molecular formula is C14H9BrCl2FNOS. The van der Waals surface area contributed by atoms with Gasteiger partial charge in [-0.1, -0.05) is 53.5 Å². The maximum Gasteiger partial charge on any atom is 0.324 e. The molecule has 0 N–H and O–H groups in total. The maximum absolute atomic E-state index is 13.6. The molecule has 2 nitrogen and oxygen atoms in total. The van der Waals surface area contributed by atoms with Crippen LogP contribution in [0.2, 0.25) is 0 Å². The van der Waals surface area contributed by atoms with Gasteiger partial charge in [-0.25, -0.2) is 4.31 Å². The first-order valence-corrected chi connectivity index (χ1v) is 8.10. The second kappa shape index (κ2) is 7.01. The van der Waals surface area contributed by atoms with E-state index in [-0.39, 0.29) is 0 Å². The van der Waals surface area contributed by atoms with Crippen molar-refractivity contribution in [2.75, 3.05) is 4.31 Å². The molecular weight excluding hydrogens is 400 g/mol. The van der Waals surface area contributed by atoms with Gasteiger partial charge >= 0.3 is 3.92 Å². The van der Waals surface area contributed by atoms with Gasteiger partial charge in [0.25, 0.3) is 5.91 Å². The predicted molar refractivity (Wildman–Crippen MR) is 90.5 cm³/mol. The van der Waals surface area contributed by atoms with Crippen molar-refractivity contribution in [2.45, 2.75) is 3.92 Å². The molecule has 21 heavy (non-hydrogen) atoms. The van der Waals surface area contributed by atoms with Gasteiger partial charge in [-0.2, -0.15) is 4.39 Å². The highest BCUT2D eigenvalue weighted by Crippen LogP contribution is 2.41. The van der Waals surface area contributed by atoms with Gasteiger partial charge in [0.05, 0.1) is 11.3 Å². The Hall–Kier alpha value is -0.750. The Morgan fingerprint density at radius 2 is 1.67 bits per heavy atom. The molecule has 0 saturated carbocycles. The number of halogens is 4. The lowest BCUT2D eigenvalue weighted by Gasteiger charge is -2.24. The number of hydrogen-bond acceptors (Lipinski definition) is 2. The molecule has 0 atom stereocenters. The summed E-state index contributed by atoms with van der Waals surface area (Å²) in [5, 5.41) is 0. The highest BCUT2D eigenvalue weighted by molar-refractivity contribution is 9.10. The number of para-hydroxylation sites is 1. The zero-order valence-corrected chi connectivity index (χ0v) is 14.4. The molecule has 1 amide bonds. The number of carbonyl (C=O) groups is 1. The zero-order valence-electron chi connectivity index (χ0n) is 10.5. The van der Waals surface area contributed by atoms with E-state index in [4.69, 9.17) is 23.2 Å². The first-order chi connectivity index (χ1) is 9.88. The van der Waals surface area contributed by atoms with E-state index < -0.39 is 9.83 Å². The van der Waals surface area contributed by atoms with E-state index in [1.165, 1.54) is 0 Å². The molecule has 2 aromatic carbocycles. The van der Waals surface area contributed by atoms with Crippen molar-refractivity contribution in [3.63, 3.8) is 0 Å². The molecule has 0 aliphatic heterocycles. The molecule has 0 unspecified atom stereocenters. The standard InChI is InChI=1S/C14H9BrCl2FNOS/c15-12-9-5-4-8-11(12)13(20)19(21-14(16,17)18)10-6-2-1-3-7-10/h1-9H. The van der Waals surface area contributed by atoms with Crippen molar-refractivity contribution in [1.82, 2.24) is 0 Å². The molecule has 2 rings (SSSR count). The summed E-state index contributed by atoms with van der Waals surface area (Å²) in [6.07, 6.45) is 0. The summed E-state index contributed by atoms with van der Waals surface area (Å²) in [6, 6.07) is 15.5. The van der Waals surface area contributed by atoms with E-state index in [0.717, 1.165) is 4.31 Å². The van der Waals surface area contributed by atoms with Gasteiger partial charge in [-0.05, 0) is 40.2 Å². The first kappa shape index (κ1) is 16.6. The van der Waals surface area contributed by atoms with Gasteiger partial charge in [-0.15, -0.1) is 0 Å². The lowest BCUT2D eigenvalue weighted by atomic mass is 10.2. The van der Waals surface area contributed by atoms with Crippen LogP contribution < -0.4 is 4.31 Å². The average molecular weight is 409 g/mol. The van der Waals surface area contributed by atoms with Crippen LogP contribution in [0.1, 0.15) is 10.4 Å². The maximum atomic E-state index is 13.6. The van der Waals surface area contributed by atoms with Crippen LogP contribution >= 0.6 is 51.1 Å². The largest absolute Gasteiger partial charge is 0.324 e. The van der Waals surface area contributed by atoms with Crippen molar-refractivity contribution in [3.8, 4) is 0 Å². The number of rotatable bonds is 4. The summed E-state index contributed by atoms with van der Waals surface area (Å²) in [7, 11) is 0. The van der Waals surface area contributed by atoms with Crippen LogP contribution in [-0.4, -0.2) is 9.83 Å². The zero-order chi connectivity index (χ0) is 15.5. The Morgan fingerprint density at radius 3 is 2.24 bits per heavy atom. The van der Waals surface area contributed by atoms with Gasteiger partial charge in [0.2, 0.25) is 0 Å². The average Bonchev–Trinajstić information content (AvgIpc) is 2.45. The number of hydrogen-bond donors (Lipinski definition) is 0. The van der Waals surface area contributed by atoms with E-state index in [1.807, 2.05) is 0 Å². The van der Waals surface area contributed by atoms with E-state index in [9.17, 15) is 9.18 Å². The molecule has 0 aromatic heterocycles. The minimum absolute atomic E-state index is 0.381. The van der Waals surface area contributed by atoms with E-state index in [2.05, 4.69) is 15.9 Å². The molecule has 0 spiro atoms. The number of anilines is 1. The third kappa shape index (κ3) is 4.61. The van der Waals surface area contributed by atoms with Crippen LogP contribution in [0.5, 0.6) is 0 Å². The molecule has 0 fully saturated rings. The number of benzene rings is 2. The van der Waals surface area contributed by atoms with Gasteiger partial charge in [0.15, 0.2) is 0 Å². The van der Waals surface area contributed by atoms with E-state index >= 15 is 0 Å². The molecule has 0 radical (unpaired) electrons. The Bertz CT molecular complexity index is 636. The summed E-state index contributed by atoms with van der Waals surface area (Å²) >= 11 is 14.5. The third-order valence-electron chi connectivity index (χ3n) is 2.47.